The molecule has 2 aromatic carbocycles. The van der Waals surface area contributed by atoms with E-state index in [0.717, 1.165) is 16.7 Å². The van der Waals surface area contributed by atoms with E-state index in [1.807, 2.05) is 36.4 Å². The van der Waals surface area contributed by atoms with Crippen molar-refractivity contribution in [1.29, 1.82) is 0 Å². The Morgan fingerprint density at radius 1 is 0.829 bits per heavy atom. The van der Waals surface area contributed by atoms with Gasteiger partial charge in [0.15, 0.2) is 0 Å². The average molecular weight is 471 g/mol. The van der Waals surface area contributed by atoms with Gasteiger partial charge in [-0.1, -0.05) is 36.4 Å². The van der Waals surface area contributed by atoms with Crippen molar-refractivity contribution in [1.82, 2.24) is 14.9 Å². The number of fused-ring (bicyclic) bond motifs is 1. The summed E-state index contributed by atoms with van der Waals surface area (Å²) >= 11 is 0. The van der Waals surface area contributed by atoms with E-state index >= 15 is 0 Å². The molecule has 0 unspecified atom stereocenters. The van der Waals surface area contributed by atoms with Crippen LogP contribution in [0.1, 0.15) is 10.5 Å². The van der Waals surface area contributed by atoms with Gasteiger partial charge in [0.1, 0.15) is 17.3 Å². The van der Waals surface area contributed by atoms with Crippen LogP contribution in [0.25, 0.3) is 10.9 Å². The second-order valence-electron chi connectivity index (χ2n) is 8.13. The van der Waals surface area contributed by atoms with Gasteiger partial charge in [-0.15, -0.1) is 0 Å². The highest BCUT2D eigenvalue weighted by atomic mass is 19.1. The fourth-order valence-corrected chi connectivity index (χ4v) is 3.93. The first-order valence-corrected chi connectivity index (χ1v) is 11.3. The van der Waals surface area contributed by atoms with Crippen molar-refractivity contribution >= 4 is 40.0 Å². The van der Waals surface area contributed by atoms with Crippen LogP contribution >= 0.6 is 0 Å². The number of amides is 3. The summed E-state index contributed by atoms with van der Waals surface area (Å²) < 4.78 is 13.8. The molecule has 3 amide bonds. The van der Waals surface area contributed by atoms with Crippen LogP contribution in [0.3, 0.4) is 0 Å². The van der Waals surface area contributed by atoms with Gasteiger partial charge in [-0.05, 0) is 36.4 Å². The quantitative estimate of drug-likeness (QED) is 0.462. The van der Waals surface area contributed by atoms with Crippen LogP contribution in [0, 0.1) is 5.82 Å². The first-order chi connectivity index (χ1) is 17.1. The number of benzene rings is 2. The molecule has 0 radical (unpaired) electrons. The normalized spacial score (nSPS) is 13.5. The van der Waals surface area contributed by atoms with Crippen molar-refractivity contribution in [3.8, 4) is 0 Å². The van der Waals surface area contributed by atoms with Gasteiger partial charge in [-0.2, -0.15) is 0 Å². The minimum atomic E-state index is -0.465. The molecule has 1 aliphatic rings. The van der Waals surface area contributed by atoms with Crippen LogP contribution in [0.15, 0.2) is 79.0 Å². The van der Waals surface area contributed by atoms with E-state index in [1.165, 1.54) is 12.1 Å². The Morgan fingerprint density at radius 3 is 2.37 bits per heavy atom. The zero-order valence-electron chi connectivity index (χ0n) is 18.8. The molecule has 0 aliphatic carbocycles. The molecule has 3 heterocycles. The molecule has 35 heavy (non-hydrogen) atoms. The topological polar surface area (TPSA) is 90.5 Å². The van der Waals surface area contributed by atoms with Gasteiger partial charge in [0.05, 0.1) is 23.1 Å². The second kappa shape index (κ2) is 9.76. The lowest BCUT2D eigenvalue weighted by Crippen LogP contribution is -2.50. The summed E-state index contributed by atoms with van der Waals surface area (Å²) in [5, 5.41) is 6.42. The molecule has 0 saturated carbocycles. The van der Waals surface area contributed by atoms with E-state index in [-0.39, 0.29) is 17.6 Å². The maximum absolute atomic E-state index is 13.8. The third-order valence-corrected chi connectivity index (χ3v) is 5.84. The summed E-state index contributed by atoms with van der Waals surface area (Å²) in [7, 11) is 0. The van der Waals surface area contributed by atoms with E-state index in [9.17, 15) is 14.0 Å². The zero-order chi connectivity index (χ0) is 24.2. The lowest BCUT2D eigenvalue weighted by Gasteiger charge is -2.35. The SMILES string of the molecule is O=C(Nc1ccc(N2CCN(C(=O)Nc3ccccc3F)CC2)nc1)c1ccc2ccccc2n1. The smallest absolute Gasteiger partial charge is 0.322 e. The van der Waals surface area contributed by atoms with Crippen molar-refractivity contribution in [3.63, 3.8) is 0 Å². The Kier molecular flexibility index (Phi) is 6.21. The summed E-state index contributed by atoms with van der Waals surface area (Å²) in [6, 6.07) is 20.6. The minimum Gasteiger partial charge on any atom is -0.353 e. The highest BCUT2D eigenvalue weighted by Crippen LogP contribution is 2.19. The lowest BCUT2D eigenvalue weighted by molar-refractivity contribution is 0.102. The largest absolute Gasteiger partial charge is 0.353 e. The molecule has 4 aromatic rings. The first-order valence-electron chi connectivity index (χ1n) is 11.3. The summed E-state index contributed by atoms with van der Waals surface area (Å²) in [6.45, 7) is 2.14. The standard InChI is InChI=1S/C26H23FN6O2/c27-20-6-2-4-8-22(20)31-26(35)33-15-13-32(14-16-33)24-12-10-19(17-28-24)29-25(34)23-11-9-18-5-1-3-7-21(18)30-23/h1-12,17H,13-16H2,(H,29,34)(H,31,35). The fraction of sp³-hybridized carbons (Fsp3) is 0.154. The number of anilines is 3. The molecule has 1 fully saturated rings. The van der Waals surface area contributed by atoms with Crippen molar-refractivity contribution in [2.45, 2.75) is 0 Å². The van der Waals surface area contributed by atoms with Gasteiger partial charge in [0.25, 0.3) is 5.91 Å². The lowest BCUT2D eigenvalue weighted by atomic mass is 10.2. The summed E-state index contributed by atoms with van der Waals surface area (Å²) in [5.41, 5.74) is 1.82. The molecule has 9 heteroatoms. The Balaban J connectivity index is 1.16. The van der Waals surface area contributed by atoms with E-state index in [1.54, 1.807) is 35.4 Å². The third-order valence-electron chi connectivity index (χ3n) is 5.84. The first kappa shape index (κ1) is 22.3. The third kappa shape index (κ3) is 5.03. The van der Waals surface area contributed by atoms with Gasteiger partial charge >= 0.3 is 6.03 Å². The number of urea groups is 1. The summed E-state index contributed by atoms with van der Waals surface area (Å²) in [4.78, 5) is 37.7. The Hall–Kier alpha value is -4.53. The van der Waals surface area contributed by atoms with Crippen molar-refractivity contribution in [2.75, 3.05) is 41.7 Å². The van der Waals surface area contributed by atoms with Crippen molar-refractivity contribution < 1.29 is 14.0 Å². The van der Waals surface area contributed by atoms with Crippen LogP contribution < -0.4 is 15.5 Å². The number of halogens is 1. The van der Waals surface area contributed by atoms with E-state index in [0.29, 0.717) is 37.6 Å². The highest BCUT2D eigenvalue weighted by Gasteiger charge is 2.22. The Morgan fingerprint density at radius 2 is 1.60 bits per heavy atom. The molecule has 176 valence electrons. The number of carbonyl (C=O) groups is 2. The van der Waals surface area contributed by atoms with Crippen LogP contribution in [0.2, 0.25) is 0 Å². The monoisotopic (exact) mass is 470 g/mol. The molecule has 5 rings (SSSR count). The number of hydrogen-bond donors (Lipinski definition) is 2. The van der Waals surface area contributed by atoms with E-state index in [2.05, 4.69) is 25.5 Å². The van der Waals surface area contributed by atoms with Crippen LogP contribution in [0.5, 0.6) is 0 Å². The van der Waals surface area contributed by atoms with Gasteiger partial charge in [0.2, 0.25) is 0 Å². The fourth-order valence-electron chi connectivity index (χ4n) is 3.93. The maximum Gasteiger partial charge on any atom is 0.322 e. The molecule has 1 aliphatic heterocycles. The number of pyridine rings is 2. The molecule has 8 nitrogen and oxygen atoms in total. The van der Waals surface area contributed by atoms with Crippen molar-refractivity contribution in [2.24, 2.45) is 0 Å². The summed E-state index contributed by atoms with van der Waals surface area (Å²) in [5.74, 6) is -0.0203. The molecule has 2 aromatic heterocycles. The predicted molar refractivity (Wildman–Crippen MR) is 133 cm³/mol. The van der Waals surface area contributed by atoms with Gasteiger partial charge in [-0.25, -0.2) is 19.2 Å². The Bertz CT molecular complexity index is 1370. The van der Waals surface area contributed by atoms with Gasteiger partial charge in [0, 0.05) is 31.6 Å². The predicted octanol–water partition coefficient (Wildman–Crippen LogP) is 4.38. The number of nitrogens with zero attached hydrogens (tertiary/aromatic N) is 4. The molecule has 0 spiro atoms. The number of carbonyl (C=O) groups excluding carboxylic acids is 2. The Labute approximate surface area is 201 Å². The van der Waals surface area contributed by atoms with E-state index < -0.39 is 5.82 Å². The minimum absolute atomic E-state index is 0.165. The number of hydrogen-bond acceptors (Lipinski definition) is 5. The molecular weight excluding hydrogens is 447 g/mol. The number of rotatable bonds is 4. The second-order valence-corrected chi connectivity index (χ2v) is 8.13. The van der Waals surface area contributed by atoms with Crippen LogP contribution in [-0.4, -0.2) is 53.0 Å². The van der Waals surface area contributed by atoms with Crippen LogP contribution in [0.4, 0.5) is 26.4 Å². The highest BCUT2D eigenvalue weighted by molar-refractivity contribution is 6.04. The molecule has 2 N–H and O–H groups in total. The summed E-state index contributed by atoms with van der Waals surface area (Å²) in [6.07, 6.45) is 1.60. The van der Waals surface area contributed by atoms with Crippen molar-refractivity contribution in [3.05, 3.63) is 90.5 Å². The van der Waals surface area contributed by atoms with E-state index in [4.69, 9.17) is 0 Å². The number of aromatic nitrogens is 2. The number of para-hydroxylation sites is 2. The maximum atomic E-state index is 13.8. The molecule has 1 saturated heterocycles. The zero-order valence-corrected chi connectivity index (χ0v) is 18.8. The molecular formula is C26H23FN6O2. The van der Waals surface area contributed by atoms with Gasteiger partial charge in [-0.3, -0.25) is 4.79 Å². The molecule has 0 bridgehead atoms. The average Bonchev–Trinajstić information content (AvgIpc) is 2.90. The number of nitrogens with one attached hydrogen (secondary N) is 2. The molecule has 0 atom stereocenters. The van der Waals surface area contributed by atoms with Crippen LogP contribution in [-0.2, 0) is 0 Å². The van der Waals surface area contributed by atoms with Gasteiger partial charge < -0.3 is 20.4 Å². The number of piperazine rings is 1.